The molecule has 142 valence electrons. The van der Waals surface area contributed by atoms with Crippen LogP contribution >= 0.6 is 0 Å². The van der Waals surface area contributed by atoms with E-state index in [1.165, 1.54) is 12.1 Å². The van der Waals surface area contributed by atoms with Gasteiger partial charge < -0.3 is 10.2 Å². The van der Waals surface area contributed by atoms with Crippen molar-refractivity contribution in [3.63, 3.8) is 0 Å². The summed E-state index contributed by atoms with van der Waals surface area (Å²) in [5.41, 5.74) is 1.56. The molecule has 6 nitrogen and oxygen atoms in total. The number of hydrogen-bond acceptors (Lipinski definition) is 4. The molecule has 0 radical (unpaired) electrons. The van der Waals surface area contributed by atoms with E-state index in [9.17, 15) is 18.0 Å². The molecule has 1 N–H and O–H groups in total. The second-order valence-corrected chi connectivity index (χ2v) is 8.78. The summed E-state index contributed by atoms with van der Waals surface area (Å²) >= 11 is 0. The van der Waals surface area contributed by atoms with Crippen molar-refractivity contribution in [1.29, 1.82) is 0 Å². The Morgan fingerprint density at radius 3 is 2.59 bits per heavy atom. The van der Waals surface area contributed by atoms with Gasteiger partial charge in [-0.05, 0) is 30.2 Å². The Bertz CT molecular complexity index is 941. The summed E-state index contributed by atoms with van der Waals surface area (Å²) < 4.78 is 23.3. The van der Waals surface area contributed by atoms with Crippen molar-refractivity contribution in [2.45, 2.75) is 17.7 Å². The molecule has 1 heterocycles. The lowest BCUT2D eigenvalue weighted by atomic mass is 10.1. The normalized spacial score (nSPS) is 17.1. The van der Waals surface area contributed by atoms with Gasteiger partial charge in [0.25, 0.3) is 0 Å². The number of amides is 2. The van der Waals surface area contributed by atoms with Gasteiger partial charge in [0.15, 0.2) is 9.84 Å². The van der Waals surface area contributed by atoms with E-state index in [2.05, 4.69) is 5.32 Å². The summed E-state index contributed by atoms with van der Waals surface area (Å²) in [5.74, 6) is -0.734. The molecular formula is C20H22N2O4S. The smallest absolute Gasteiger partial charge is 0.229 e. The van der Waals surface area contributed by atoms with Crippen LogP contribution in [0, 0.1) is 5.92 Å². The van der Waals surface area contributed by atoms with Gasteiger partial charge in [0, 0.05) is 31.5 Å². The van der Waals surface area contributed by atoms with Gasteiger partial charge in [-0.15, -0.1) is 0 Å². The second kappa shape index (κ2) is 7.92. The molecule has 27 heavy (non-hydrogen) atoms. The molecule has 1 aliphatic heterocycles. The quantitative estimate of drug-likeness (QED) is 0.824. The van der Waals surface area contributed by atoms with Crippen LogP contribution in [0.2, 0.25) is 0 Å². The molecule has 1 atom stereocenters. The van der Waals surface area contributed by atoms with Gasteiger partial charge >= 0.3 is 0 Å². The Kier molecular flexibility index (Phi) is 5.60. The summed E-state index contributed by atoms with van der Waals surface area (Å²) in [4.78, 5) is 26.6. The Balaban J connectivity index is 1.59. The molecule has 2 aromatic rings. The summed E-state index contributed by atoms with van der Waals surface area (Å²) in [6.45, 7) is 0.958. The summed E-state index contributed by atoms with van der Waals surface area (Å²) in [5, 5.41) is 2.73. The molecule has 0 spiro atoms. The molecule has 7 heteroatoms. The van der Waals surface area contributed by atoms with Crippen molar-refractivity contribution in [1.82, 2.24) is 4.90 Å². The average molecular weight is 386 g/mol. The van der Waals surface area contributed by atoms with Gasteiger partial charge in [0.2, 0.25) is 11.8 Å². The van der Waals surface area contributed by atoms with Crippen molar-refractivity contribution in [2.75, 3.05) is 24.7 Å². The van der Waals surface area contributed by atoms with Crippen molar-refractivity contribution < 1.29 is 18.0 Å². The molecule has 0 aromatic heterocycles. The lowest BCUT2D eigenvalue weighted by Gasteiger charge is -2.16. The monoisotopic (exact) mass is 386 g/mol. The van der Waals surface area contributed by atoms with Crippen LogP contribution in [0.4, 0.5) is 5.69 Å². The van der Waals surface area contributed by atoms with Crippen molar-refractivity contribution in [3.8, 4) is 0 Å². The van der Waals surface area contributed by atoms with E-state index in [0.29, 0.717) is 18.8 Å². The summed E-state index contributed by atoms with van der Waals surface area (Å²) in [6, 6.07) is 16.0. The SMILES string of the molecule is CS(=O)(=O)c1cccc(NC(=O)C2CC(=O)N(CCc3ccccc3)C2)c1. The molecule has 0 saturated carbocycles. The van der Waals surface area contributed by atoms with Crippen LogP contribution in [0.5, 0.6) is 0 Å². The third-order valence-electron chi connectivity index (χ3n) is 4.63. The van der Waals surface area contributed by atoms with Crippen molar-refractivity contribution >= 4 is 27.3 Å². The van der Waals surface area contributed by atoms with Crippen LogP contribution in [0.15, 0.2) is 59.5 Å². The maximum absolute atomic E-state index is 12.5. The number of rotatable bonds is 6. The van der Waals surface area contributed by atoms with Gasteiger partial charge in [-0.1, -0.05) is 36.4 Å². The maximum atomic E-state index is 12.5. The van der Waals surface area contributed by atoms with Crippen molar-refractivity contribution in [3.05, 3.63) is 60.2 Å². The lowest BCUT2D eigenvalue weighted by molar-refractivity contribution is -0.128. The van der Waals surface area contributed by atoms with E-state index in [0.717, 1.165) is 18.2 Å². The summed E-state index contributed by atoms with van der Waals surface area (Å²) in [6.07, 6.45) is 2.04. The number of nitrogens with zero attached hydrogens (tertiary/aromatic N) is 1. The molecule has 1 fully saturated rings. The molecular weight excluding hydrogens is 364 g/mol. The first-order valence-electron chi connectivity index (χ1n) is 8.75. The first-order valence-corrected chi connectivity index (χ1v) is 10.6. The second-order valence-electron chi connectivity index (χ2n) is 6.77. The lowest BCUT2D eigenvalue weighted by Crippen LogP contribution is -2.30. The largest absolute Gasteiger partial charge is 0.342 e. The molecule has 1 aliphatic rings. The number of likely N-dealkylation sites (tertiary alicyclic amines) is 1. The highest BCUT2D eigenvalue weighted by molar-refractivity contribution is 7.90. The average Bonchev–Trinajstić information content (AvgIpc) is 3.01. The predicted octanol–water partition coefficient (Wildman–Crippen LogP) is 2.12. The van der Waals surface area contributed by atoms with E-state index in [1.807, 2.05) is 30.3 Å². The zero-order valence-corrected chi connectivity index (χ0v) is 15.9. The minimum Gasteiger partial charge on any atom is -0.342 e. The minimum absolute atomic E-state index is 0.0315. The third kappa shape index (κ3) is 4.95. The van der Waals surface area contributed by atoms with E-state index in [-0.39, 0.29) is 23.1 Å². The predicted molar refractivity (Wildman–Crippen MR) is 103 cm³/mol. The highest BCUT2D eigenvalue weighted by Gasteiger charge is 2.34. The van der Waals surface area contributed by atoms with Crippen LogP contribution in [0.25, 0.3) is 0 Å². The number of carbonyl (C=O) groups is 2. The van der Waals surface area contributed by atoms with Gasteiger partial charge in [-0.2, -0.15) is 0 Å². The van der Waals surface area contributed by atoms with Gasteiger partial charge in [-0.3, -0.25) is 9.59 Å². The topological polar surface area (TPSA) is 83.5 Å². The molecule has 1 saturated heterocycles. The summed E-state index contributed by atoms with van der Waals surface area (Å²) in [7, 11) is -3.35. The number of hydrogen-bond donors (Lipinski definition) is 1. The van der Waals surface area contributed by atoms with Crippen molar-refractivity contribution in [2.24, 2.45) is 5.92 Å². The van der Waals surface area contributed by atoms with Gasteiger partial charge in [0.1, 0.15) is 0 Å². The van der Waals surface area contributed by atoms with E-state index in [4.69, 9.17) is 0 Å². The molecule has 2 aromatic carbocycles. The Morgan fingerprint density at radius 2 is 1.89 bits per heavy atom. The number of carbonyl (C=O) groups excluding carboxylic acids is 2. The van der Waals surface area contributed by atoms with Crippen LogP contribution in [-0.4, -0.2) is 44.5 Å². The third-order valence-corrected chi connectivity index (χ3v) is 5.74. The molecule has 0 aliphatic carbocycles. The van der Waals surface area contributed by atoms with Crippen LogP contribution < -0.4 is 5.32 Å². The zero-order valence-electron chi connectivity index (χ0n) is 15.1. The van der Waals surface area contributed by atoms with E-state index < -0.39 is 15.8 Å². The van der Waals surface area contributed by atoms with E-state index in [1.54, 1.807) is 17.0 Å². The zero-order chi connectivity index (χ0) is 19.4. The Labute approximate surface area is 159 Å². The first-order chi connectivity index (χ1) is 12.8. The highest BCUT2D eigenvalue weighted by Crippen LogP contribution is 2.21. The molecule has 0 bridgehead atoms. The van der Waals surface area contributed by atoms with Crippen LogP contribution in [0.1, 0.15) is 12.0 Å². The number of anilines is 1. The highest BCUT2D eigenvalue weighted by atomic mass is 32.2. The molecule has 3 rings (SSSR count). The van der Waals surface area contributed by atoms with Crippen LogP contribution in [-0.2, 0) is 25.8 Å². The van der Waals surface area contributed by atoms with Crippen LogP contribution in [0.3, 0.4) is 0 Å². The van der Waals surface area contributed by atoms with Gasteiger partial charge in [0.05, 0.1) is 10.8 Å². The Morgan fingerprint density at radius 1 is 1.15 bits per heavy atom. The maximum Gasteiger partial charge on any atom is 0.229 e. The number of sulfone groups is 1. The van der Waals surface area contributed by atoms with E-state index >= 15 is 0 Å². The van der Waals surface area contributed by atoms with Gasteiger partial charge in [-0.25, -0.2) is 8.42 Å². The fraction of sp³-hybridized carbons (Fsp3) is 0.300. The standard InChI is InChI=1S/C20H22N2O4S/c1-27(25,26)18-9-5-8-17(13-18)21-20(24)16-12-19(23)22(14-16)11-10-15-6-3-2-4-7-15/h2-9,13,16H,10-12,14H2,1H3,(H,21,24). The molecule has 2 amide bonds. The number of benzene rings is 2. The number of nitrogens with one attached hydrogen (secondary N) is 1. The molecule has 1 unspecified atom stereocenters. The minimum atomic E-state index is -3.35. The fourth-order valence-electron chi connectivity index (χ4n) is 3.12. The fourth-order valence-corrected chi connectivity index (χ4v) is 3.79. The Hall–Kier alpha value is -2.67. The first kappa shape index (κ1) is 19.1.